The molecule has 0 saturated carbocycles. The number of hydrogen-bond acceptors (Lipinski definition) is 5. The molecular formula is C23H34N2O5. The van der Waals surface area contributed by atoms with Gasteiger partial charge in [0.2, 0.25) is 0 Å². The zero-order valence-electron chi connectivity index (χ0n) is 18.9. The van der Waals surface area contributed by atoms with E-state index in [0.29, 0.717) is 25.8 Å². The third kappa shape index (κ3) is 6.21. The number of rotatable bonds is 5. The average molecular weight is 419 g/mol. The van der Waals surface area contributed by atoms with Crippen LogP contribution in [0.3, 0.4) is 0 Å². The Labute approximate surface area is 179 Å². The molecule has 166 valence electrons. The quantitative estimate of drug-likeness (QED) is 0.666. The van der Waals surface area contributed by atoms with E-state index in [1.807, 2.05) is 51.1 Å². The molecule has 1 atom stereocenters. The Kier molecular flexibility index (Phi) is 7.50. The predicted octanol–water partition coefficient (Wildman–Crippen LogP) is 4.31. The van der Waals surface area contributed by atoms with E-state index in [0.717, 1.165) is 10.6 Å². The van der Waals surface area contributed by atoms with Gasteiger partial charge in [0.05, 0.1) is 6.54 Å². The third-order valence-corrected chi connectivity index (χ3v) is 5.21. The molecule has 0 aromatic heterocycles. The topological polar surface area (TPSA) is 76.2 Å². The van der Waals surface area contributed by atoms with E-state index in [1.165, 1.54) is 4.90 Å². The number of carbonyl (C=O) groups excluding carboxylic acids is 3. The van der Waals surface area contributed by atoms with Crippen LogP contribution in [0.15, 0.2) is 30.3 Å². The summed E-state index contributed by atoms with van der Waals surface area (Å²) in [6.45, 7) is 11.5. The SMILES string of the molecule is CCC(C)(C)C(=O)N(Cc1ccccc1)OC(=O)[C@@H]1CCCN1C(=O)OC(C)(C)C. The normalized spacial score (nSPS) is 16.9. The maximum absolute atomic E-state index is 13.1. The Morgan fingerprint density at radius 3 is 2.30 bits per heavy atom. The standard InChI is InChI=1S/C23H34N2O5/c1-7-23(5,6)20(27)25(16-17-12-9-8-10-13-17)30-19(26)18-14-11-15-24(18)21(28)29-22(2,3)4/h8-10,12-13,18H,7,11,14-16H2,1-6H3/t18-/m0/s1. The number of likely N-dealkylation sites (tertiary alicyclic amines) is 1. The third-order valence-electron chi connectivity index (χ3n) is 5.21. The first-order valence-electron chi connectivity index (χ1n) is 10.5. The number of amides is 2. The van der Waals surface area contributed by atoms with Crippen molar-refractivity contribution in [1.82, 2.24) is 9.96 Å². The minimum Gasteiger partial charge on any atom is -0.444 e. The van der Waals surface area contributed by atoms with Crippen molar-refractivity contribution in [3.63, 3.8) is 0 Å². The highest BCUT2D eigenvalue weighted by Crippen LogP contribution is 2.26. The number of ether oxygens (including phenoxy) is 1. The second-order valence-corrected chi connectivity index (χ2v) is 9.31. The van der Waals surface area contributed by atoms with E-state index in [9.17, 15) is 14.4 Å². The first kappa shape index (κ1) is 23.7. The van der Waals surface area contributed by atoms with Gasteiger partial charge in [0.15, 0.2) is 0 Å². The summed E-state index contributed by atoms with van der Waals surface area (Å²) in [7, 11) is 0. The van der Waals surface area contributed by atoms with Crippen molar-refractivity contribution < 1.29 is 24.0 Å². The maximum atomic E-state index is 13.1. The summed E-state index contributed by atoms with van der Waals surface area (Å²) >= 11 is 0. The van der Waals surface area contributed by atoms with E-state index in [2.05, 4.69) is 0 Å². The maximum Gasteiger partial charge on any atom is 0.411 e. The first-order valence-corrected chi connectivity index (χ1v) is 10.5. The molecule has 1 aromatic rings. The summed E-state index contributed by atoms with van der Waals surface area (Å²) in [5.74, 6) is -0.890. The van der Waals surface area contributed by atoms with Gasteiger partial charge < -0.3 is 9.57 Å². The molecule has 1 aliphatic rings. The lowest BCUT2D eigenvalue weighted by atomic mass is 9.89. The van der Waals surface area contributed by atoms with Crippen molar-refractivity contribution in [2.75, 3.05) is 6.54 Å². The fourth-order valence-electron chi connectivity index (χ4n) is 3.10. The molecular weight excluding hydrogens is 384 g/mol. The molecule has 2 rings (SSSR count). The minimum absolute atomic E-state index is 0.147. The van der Waals surface area contributed by atoms with Crippen LogP contribution in [-0.4, -0.2) is 46.1 Å². The van der Waals surface area contributed by atoms with Crippen molar-refractivity contribution >= 4 is 18.0 Å². The molecule has 2 amide bonds. The van der Waals surface area contributed by atoms with Gasteiger partial charge >= 0.3 is 12.1 Å². The fraction of sp³-hybridized carbons (Fsp3) is 0.609. The Balaban J connectivity index is 2.18. The zero-order chi connectivity index (χ0) is 22.5. The smallest absolute Gasteiger partial charge is 0.411 e. The lowest BCUT2D eigenvalue weighted by Crippen LogP contribution is -2.48. The minimum atomic E-state index is -0.768. The predicted molar refractivity (Wildman–Crippen MR) is 113 cm³/mol. The van der Waals surface area contributed by atoms with Crippen molar-refractivity contribution in [1.29, 1.82) is 0 Å². The van der Waals surface area contributed by atoms with Gasteiger partial charge in [0, 0.05) is 12.0 Å². The van der Waals surface area contributed by atoms with Gasteiger partial charge in [-0.2, -0.15) is 5.06 Å². The molecule has 7 heteroatoms. The van der Waals surface area contributed by atoms with Gasteiger partial charge in [-0.25, -0.2) is 9.59 Å². The molecule has 0 radical (unpaired) electrons. The molecule has 0 aliphatic carbocycles. The van der Waals surface area contributed by atoms with Gasteiger partial charge in [-0.05, 0) is 45.6 Å². The van der Waals surface area contributed by atoms with Crippen LogP contribution >= 0.6 is 0 Å². The molecule has 1 aliphatic heterocycles. The number of hydrogen-bond donors (Lipinski definition) is 0. The second-order valence-electron chi connectivity index (χ2n) is 9.31. The van der Waals surface area contributed by atoms with Gasteiger partial charge in [0.25, 0.3) is 5.91 Å². The van der Waals surface area contributed by atoms with Crippen LogP contribution in [0, 0.1) is 5.41 Å². The second kappa shape index (κ2) is 9.49. The molecule has 0 unspecified atom stereocenters. The largest absolute Gasteiger partial charge is 0.444 e. The van der Waals surface area contributed by atoms with E-state index in [1.54, 1.807) is 20.8 Å². The summed E-state index contributed by atoms with van der Waals surface area (Å²) in [6, 6.07) is 8.59. The molecule has 1 fully saturated rings. The summed E-state index contributed by atoms with van der Waals surface area (Å²) in [5, 5.41) is 1.13. The highest BCUT2D eigenvalue weighted by molar-refractivity contribution is 5.85. The fourth-order valence-corrected chi connectivity index (χ4v) is 3.10. The van der Waals surface area contributed by atoms with Crippen LogP contribution in [0.2, 0.25) is 0 Å². The van der Waals surface area contributed by atoms with Gasteiger partial charge in [-0.1, -0.05) is 51.1 Å². The van der Waals surface area contributed by atoms with Crippen molar-refractivity contribution in [3.05, 3.63) is 35.9 Å². The van der Waals surface area contributed by atoms with Crippen molar-refractivity contribution in [2.45, 2.75) is 79.0 Å². The Morgan fingerprint density at radius 1 is 1.10 bits per heavy atom. The van der Waals surface area contributed by atoms with Crippen LogP contribution in [0.5, 0.6) is 0 Å². The molecule has 30 heavy (non-hydrogen) atoms. The van der Waals surface area contributed by atoms with Crippen molar-refractivity contribution in [2.24, 2.45) is 5.41 Å². The lowest BCUT2D eigenvalue weighted by molar-refractivity contribution is -0.209. The van der Waals surface area contributed by atoms with Gasteiger partial charge in [-0.15, -0.1) is 0 Å². The van der Waals surface area contributed by atoms with Crippen LogP contribution in [0.4, 0.5) is 4.79 Å². The highest BCUT2D eigenvalue weighted by Gasteiger charge is 2.40. The highest BCUT2D eigenvalue weighted by atomic mass is 16.7. The Hall–Kier alpha value is -2.57. The molecule has 7 nitrogen and oxygen atoms in total. The van der Waals surface area contributed by atoms with Crippen LogP contribution in [0.1, 0.15) is 66.4 Å². The van der Waals surface area contributed by atoms with E-state index in [4.69, 9.17) is 9.57 Å². The summed E-state index contributed by atoms with van der Waals surface area (Å²) in [4.78, 5) is 45.6. The van der Waals surface area contributed by atoms with Crippen LogP contribution < -0.4 is 0 Å². The molecule has 1 aromatic carbocycles. The zero-order valence-corrected chi connectivity index (χ0v) is 18.9. The number of carbonyl (C=O) groups is 3. The molecule has 0 N–H and O–H groups in total. The van der Waals surface area contributed by atoms with Gasteiger partial charge in [0.1, 0.15) is 11.6 Å². The summed E-state index contributed by atoms with van der Waals surface area (Å²) < 4.78 is 5.42. The Morgan fingerprint density at radius 2 is 1.73 bits per heavy atom. The van der Waals surface area contributed by atoms with E-state index in [-0.39, 0.29) is 12.5 Å². The van der Waals surface area contributed by atoms with Crippen molar-refractivity contribution in [3.8, 4) is 0 Å². The molecule has 1 saturated heterocycles. The number of hydroxylamine groups is 2. The van der Waals surface area contributed by atoms with Crippen LogP contribution in [-0.2, 0) is 25.7 Å². The lowest BCUT2D eigenvalue weighted by Gasteiger charge is -2.32. The monoisotopic (exact) mass is 418 g/mol. The van der Waals surface area contributed by atoms with E-state index < -0.39 is 29.1 Å². The molecule has 0 spiro atoms. The number of nitrogens with zero attached hydrogens (tertiary/aromatic N) is 2. The summed E-state index contributed by atoms with van der Waals surface area (Å²) in [5.41, 5.74) is -0.495. The van der Waals surface area contributed by atoms with Gasteiger partial charge in [-0.3, -0.25) is 9.69 Å². The average Bonchev–Trinajstić information content (AvgIpc) is 3.16. The Bertz CT molecular complexity index is 755. The van der Waals surface area contributed by atoms with E-state index >= 15 is 0 Å². The molecule has 0 bridgehead atoms. The van der Waals surface area contributed by atoms with Crippen LogP contribution in [0.25, 0.3) is 0 Å². The summed E-state index contributed by atoms with van der Waals surface area (Å²) in [6.07, 6.45) is 1.20. The first-order chi connectivity index (χ1) is 13.9. The number of benzene rings is 1. The molecule has 1 heterocycles.